The molecule has 1 fully saturated rings. The smallest absolute Gasteiger partial charge is 0.409 e. The summed E-state index contributed by atoms with van der Waals surface area (Å²) < 4.78 is 4.83. The van der Waals surface area contributed by atoms with Crippen molar-refractivity contribution >= 4 is 6.09 Å². The number of nitrogens with zero attached hydrogens (tertiary/aromatic N) is 1. The van der Waals surface area contributed by atoms with Crippen molar-refractivity contribution < 1.29 is 9.53 Å². The molecule has 1 rings (SSSR count). The van der Waals surface area contributed by atoms with Crippen molar-refractivity contribution in [1.29, 1.82) is 0 Å². The van der Waals surface area contributed by atoms with E-state index in [1.54, 1.807) is 0 Å². The first kappa shape index (κ1) is 15.3. The molecule has 0 spiro atoms. The van der Waals surface area contributed by atoms with Crippen molar-refractivity contribution in [2.24, 2.45) is 11.8 Å². The quantitative estimate of drug-likeness (QED) is 0.821. The summed E-state index contributed by atoms with van der Waals surface area (Å²) in [5.74, 6) is 1.31. The maximum Gasteiger partial charge on any atom is 0.409 e. The van der Waals surface area contributed by atoms with Crippen molar-refractivity contribution in [2.75, 3.05) is 26.7 Å². The van der Waals surface area contributed by atoms with Gasteiger partial charge in [-0.2, -0.15) is 0 Å². The average molecular weight is 256 g/mol. The van der Waals surface area contributed by atoms with Crippen molar-refractivity contribution in [3.05, 3.63) is 0 Å². The predicted molar refractivity (Wildman–Crippen MR) is 73.6 cm³/mol. The van der Waals surface area contributed by atoms with Crippen LogP contribution in [0.5, 0.6) is 0 Å². The lowest BCUT2D eigenvalue weighted by Gasteiger charge is -2.37. The Kier molecular flexibility index (Phi) is 6.47. The van der Waals surface area contributed by atoms with Crippen LogP contribution in [0, 0.1) is 11.8 Å². The van der Waals surface area contributed by atoms with E-state index in [4.69, 9.17) is 4.74 Å². The maximum atomic E-state index is 11.6. The molecule has 0 aromatic carbocycles. The number of hydrogen-bond acceptors (Lipinski definition) is 3. The van der Waals surface area contributed by atoms with Crippen molar-refractivity contribution in [3.63, 3.8) is 0 Å². The van der Waals surface area contributed by atoms with E-state index >= 15 is 0 Å². The molecule has 1 aliphatic heterocycles. The molecule has 2 atom stereocenters. The van der Waals surface area contributed by atoms with Crippen LogP contribution in [0.25, 0.3) is 0 Å². The summed E-state index contributed by atoms with van der Waals surface area (Å²) in [5, 5.41) is 3.58. The fourth-order valence-corrected chi connectivity index (χ4v) is 2.50. The Balaban J connectivity index is 2.44. The standard InChI is InChI=1S/C14H28N2O2/c1-5-12-8-13(15-7-6-11(2)3)10-16(9-12)14(17)18-4/h11-13,15H,5-10H2,1-4H3. The van der Waals surface area contributed by atoms with Gasteiger partial charge in [0.2, 0.25) is 0 Å². The number of amides is 1. The Morgan fingerprint density at radius 1 is 1.44 bits per heavy atom. The zero-order valence-corrected chi connectivity index (χ0v) is 12.2. The summed E-state index contributed by atoms with van der Waals surface area (Å²) in [6.07, 6.45) is 3.28. The molecule has 4 nitrogen and oxygen atoms in total. The third-order valence-corrected chi connectivity index (χ3v) is 3.70. The molecule has 18 heavy (non-hydrogen) atoms. The Morgan fingerprint density at radius 3 is 2.72 bits per heavy atom. The first-order valence-electron chi connectivity index (χ1n) is 7.13. The van der Waals surface area contributed by atoms with Gasteiger partial charge in [0.05, 0.1) is 7.11 Å². The minimum atomic E-state index is -0.191. The van der Waals surface area contributed by atoms with Crippen molar-refractivity contribution in [3.8, 4) is 0 Å². The molecule has 1 amide bonds. The van der Waals surface area contributed by atoms with Gasteiger partial charge in [-0.25, -0.2) is 4.79 Å². The molecule has 2 unspecified atom stereocenters. The second-order valence-electron chi connectivity index (χ2n) is 5.72. The number of nitrogens with one attached hydrogen (secondary N) is 1. The molecule has 0 aliphatic carbocycles. The summed E-state index contributed by atoms with van der Waals surface area (Å²) in [7, 11) is 1.46. The van der Waals surface area contributed by atoms with E-state index in [-0.39, 0.29) is 6.09 Å². The molecule has 0 aromatic heterocycles. The molecule has 1 heterocycles. The number of piperidine rings is 1. The molecule has 0 aromatic rings. The Hall–Kier alpha value is -0.770. The molecule has 1 N–H and O–H groups in total. The van der Waals surface area contributed by atoms with Crippen molar-refractivity contribution in [2.45, 2.75) is 46.1 Å². The zero-order chi connectivity index (χ0) is 13.5. The number of ether oxygens (including phenoxy) is 1. The number of hydrogen-bond donors (Lipinski definition) is 1. The van der Waals surface area contributed by atoms with E-state index in [9.17, 15) is 4.79 Å². The monoisotopic (exact) mass is 256 g/mol. The van der Waals surface area contributed by atoms with Crippen LogP contribution in [0.1, 0.15) is 40.0 Å². The molecule has 0 saturated carbocycles. The van der Waals surface area contributed by atoms with Gasteiger partial charge in [-0.1, -0.05) is 27.2 Å². The normalized spacial score (nSPS) is 24.4. The predicted octanol–water partition coefficient (Wildman–Crippen LogP) is 2.49. The van der Waals surface area contributed by atoms with Crippen molar-refractivity contribution in [1.82, 2.24) is 10.2 Å². The van der Waals surface area contributed by atoms with Gasteiger partial charge in [0, 0.05) is 19.1 Å². The topological polar surface area (TPSA) is 41.6 Å². The highest BCUT2D eigenvalue weighted by Crippen LogP contribution is 2.20. The van der Waals surface area contributed by atoms with Crippen LogP contribution in [0.4, 0.5) is 4.79 Å². The fourth-order valence-electron chi connectivity index (χ4n) is 2.50. The number of carbonyl (C=O) groups is 1. The lowest BCUT2D eigenvalue weighted by Crippen LogP contribution is -2.51. The number of carbonyl (C=O) groups excluding carboxylic acids is 1. The average Bonchev–Trinajstić information content (AvgIpc) is 2.36. The van der Waals surface area contributed by atoms with E-state index < -0.39 is 0 Å². The van der Waals surface area contributed by atoms with E-state index in [0.717, 1.165) is 32.0 Å². The van der Waals surface area contributed by atoms with Gasteiger partial charge in [-0.3, -0.25) is 0 Å². The van der Waals surface area contributed by atoms with E-state index in [0.29, 0.717) is 12.0 Å². The SMILES string of the molecule is CCC1CC(NCCC(C)C)CN(C(=O)OC)C1. The highest BCUT2D eigenvalue weighted by atomic mass is 16.5. The molecular formula is C14H28N2O2. The number of likely N-dealkylation sites (tertiary alicyclic amines) is 1. The highest BCUT2D eigenvalue weighted by Gasteiger charge is 2.29. The van der Waals surface area contributed by atoms with E-state index in [2.05, 4.69) is 26.1 Å². The van der Waals surface area contributed by atoms with Crippen LogP contribution < -0.4 is 5.32 Å². The van der Waals surface area contributed by atoms with E-state index in [1.165, 1.54) is 20.0 Å². The fraction of sp³-hybridized carbons (Fsp3) is 0.929. The highest BCUT2D eigenvalue weighted by molar-refractivity contribution is 5.67. The second-order valence-corrected chi connectivity index (χ2v) is 5.72. The second kappa shape index (κ2) is 7.62. The molecule has 4 heteroatoms. The maximum absolute atomic E-state index is 11.6. The van der Waals surface area contributed by atoms with Gasteiger partial charge in [0.1, 0.15) is 0 Å². The third-order valence-electron chi connectivity index (χ3n) is 3.70. The third kappa shape index (κ3) is 4.84. The van der Waals surface area contributed by atoms with Gasteiger partial charge < -0.3 is 15.0 Å². The minimum absolute atomic E-state index is 0.191. The lowest BCUT2D eigenvalue weighted by molar-refractivity contribution is 0.0900. The molecule has 1 saturated heterocycles. The summed E-state index contributed by atoms with van der Waals surface area (Å²) in [5.41, 5.74) is 0. The van der Waals surface area contributed by atoms with Crippen LogP contribution in [0.15, 0.2) is 0 Å². The number of methoxy groups -OCH3 is 1. The first-order valence-corrected chi connectivity index (χ1v) is 7.13. The number of rotatable bonds is 5. The van der Waals surface area contributed by atoms with Crippen LogP contribution in [-0.4, -0.2) is 43.8 Å². The largest absolute Gasteiger partial charge is 0.453 e. The Labute approximate surface area is 111 Å². The van der Waals surface area contributed by atoms with Gasteiger partial charge in [0.25, 0.3) is 0 Å². The minimum Gasteiger partial charge on any atom is -0.453 e. The molecule has 0 radical (unpaired) electrons. The Morgan fingerprint density at radius 2 is 2.17 bits per heavy atom. The summed E-state index contributed by atoms with van der Waals surface area (Å²) in [6.45, 7) is 9.31. The van der Waals surface area contributed by atoms with Crippen LogP contribution in [0.3, 0.4) is 0 Å². The molecule has 0 bridgehead atoms. The Bertz CT molecular complexity index is 256. The van der Waals surface area contributed by atoms with Crippen LogP contribution in [-0.2, 0) is 4.74 Å². The lowest BCUT2D eigenvalue weighted by atomic mass is 9.92. The van der Waals surface area contributed by atoms with Gasteiger partial charge in [0.15, 0.2) is 0 Å². The van der Waals surface area contributed by atoms with Crippen LogP contribution >= 0.6 is 0 Å². The van der Waals surface area contributed by atoms with E-state index in [1.807, 2.05) is 4.90 Å². The van der Waals surface area contributed by atoms with Gasteiger partial charge in [-0.05, 0) is 31.2 Å². The van der Waals surface area contributed by atoms with Crippen LogP contribution in [0.2, 0.25) is 0 Å². The first-order chi connectivity index (χ1) is 8.56. The molecular weight excluding hydrogens is 228 g/mol. The summed E-state index contributed by atoms with van der Waals surface area (Å²) in [6, 6.07) is 0.418. The molecule has 1 aliphatic rings. The summed E-state index contributed by atoms with van der Waals surface area (Å²) in [4.78, 5) is 13.5. The van der Waals surface area contributed by atoms with Gasteiger partial charge in [-0.15, -0.1) is 0 Å². The van der Waals surface area contributed by atoms with Gasteiger partial charge >= 0.3 is 6.09 Å². The molecule has 106 valence electrons. The zero-order valence-electron chi connectivity index (χ0n) is 12.2. The summed E-state index contributed by atoms with van der Waals surface area (Å²) >= 11 is 0.